The number of hydrogen-bond acceptors (Lipinski definition) is 2. The first kappa shape index (κ1) is 8.08. The van der Waals surface area contributed by atoms with Crippen LogP contribution in [0.5, 0.6) is 0 Å². The Morgan fingerprint density at radius 1 is 1.36 bits per heavy atom. The standard InChI is InChI=1S/C7H10BBrO2/c8-7(9)3-1-2-4(10)6(11)5(3)7/h3-6,10-11H,1-2H2. The van der Waals surface area contributed by atoms with E-state index in [0.717, 1.165) is 6.42 Å². The highest BCUT2D eigenvalue weighted by Gasteiger charge is 2.64. The van der Waals surface area contributed by atoms with Crippen molar-refractivity contribution in [2.24, 2.45) is 11.8 Å². The van der Waals surface area contributed by atoms with E-state index < -0.39 is 16.4 Å². The van der Waals surface area contributed by atoms with Crippen molar-refractivity contribution < 1.29 is 10.2 Å². The van der Waals surface area contributed by atoms with Crippen molar-refractivity contribution in [3.05, 3.63) is 0 Å². The Balaban J connectivity index is 2.12. The molecule has 0 heterocycles. The second kappa shape index (κ2) is 2.24. The molecule has 2 nitrogen and oxygen atoms in total. The van der Waals surface area contributed by atoms with Gasteiger partial charge in [0.1, 0.15) is 0 Å². The fraction of sp³-hybridized carbons (Fsp3) is 1.00. The number of alkyl halides is 1. The summed E-state index contributed by atoms with van der Waals surface area (Å²) in [5.41, 5.74) is 0. The van der Waals surface area contributed by atoms with Crippen LogP contribution in [-0.4, -0.2) is 34.5 Å². The Morgan fingerprint density at radius 2 is 2.00 bits per heavy atom. The molecule has 0 amide bonds. The van der Waals surface area contributed by atoms with E-state index in [1.54, 1.807) is 0 Å². The van der Waals surface area contributed by atoms with Crippen LogP contribution in [-0.2, 0) is 0 Å². The number of halogens is 1. The van der Waals surface area contributed by atoms with Crippen molar-refractivity contribution in [2.45, 2.75) is 29.3 Å². The zero-order valence-electron chi connectivity index (χ0n) is 6.07. The zero-order chi connectivity index (χ0) is 8.22. The van der Waals surface area contributed by atoms with Crippen molar-refractivity contribution in [1.82, 2.24) is 0 Å². The smallest absolute Gasteiger partial charge is 0.0911 e. The summed E-state index contributed by atoms with van der Waals surface area (Å²) in [6.45, 7) is 0. The molecule has 2 aliphatic rings. The molecule has 0 bridgehead atoms. The quantitative estimate of drug-likeness (QED) is 0.443. The minimum Gasteiger partial charge on any atom is -0.390 e. The van der Waals surface area contributed by atoms with E-state index in [1.165, 1.54) is 0 Å². The zero-order valence-corrected chi connectivity index (χ0v) is 7.66. The predicted octanol–water partition coefficient (Wildman–Crippen LogP) is 0.00770. The molecule has 4 heteroatoms. The van der Waals surface area contributed by atoms with Crippen molar-refractivity contribution in [1.29, 1.82) is 0 Å². The maximum atomic E-state index is 9.46. The van der Waals surface area contributed by atoms with E-state index in [0.29, 0.717) is 12.3 Å². The number of fused-ring (bicyclic) bond motifs is 1. The van der Waals surface area contributed by atoms with Gasteiger partial charge in [0, 0.05) is 0 Å². The van der Waals surface area contributed by atoms with Gasteiger partial charge in [-0.3, -0.25) is 0 Å². The molecule has 60 valence electrons. The lowest BCUT2D eigenvalue weighted by Gasteiger charge is -2.21. The molecular formula is C7H10BBrO2. The molecule has 0 aromatic carbocycles. The molecule has 0 saturated heterocycles. The molecule has 2 saturated carbocycles. The van der Waals surface area contributed by atoms with E-state index in [9.17, 15) is 10.2 Å². The Kier molecular flexibility index (Phi) is 1.64. The summed E-state index contributed by atoms with van der Waals surface area (Å²) < 4.78 is -0.399. The molecule has 11 heavy (non-hydrogen) atoms. The molecule has 5 unspecified atom stereocenters. The SMILES string of the molecule is [B]C1(Br)C2CCC(O)C(O)C21. The van der Waals surface area contributed by atoms with Gasteiger partial charge in [0.05, 0.1) is 20.1 Å². The minimum atomic E-state index is -0.627. The molecule has 0 aliphatic heterocycles. The minimum absolute atomic E-state index is 0.0613. The van der Waals surface area contributed by atoms with Crippen molar-refractivity contribution in [3.8, 4) is 0 Å². The first-order valence-electron chi connectivity index (χ1n) is 3.89. The average molecular weight is 217 g/mol. The highest BCUT2D eigenvalue weighted by Crippen LogP contribution is 2.61. The molecular weight excluding hydrogens is 207 g/mol. The average Bonchev–Trinajstić information content (AvgIpc) is 2.46. The summed E-state index contributed by atoms with van der Waals surface area (Å²) in [6.07, 6.45) is 0.398. The first-order chi connectivity index (χ1) is 5.05. The van der Waals surface area contributed by atoms with Gasteiger partial charge in [0.15, 0.2) is 0 Å². The number of rotatable bonds is 0. The molecule has 2 N–H and O–H groups in total. The van der Waals surface area contributed by atoms with E-state index in [2.05, 4.69) is 15.9 Å². The summed E-state index contributed by atoms with van der Waals surface area (Å²) >= 11 is 3.35. The van der Waals surface area contributed by atoms with Gasteiger partial charge >= 0.3 is 0 Å². The van der Waals surface area contributed by atoms with E-state index in [4.69, 9.17) is 7.85 Å². The van der Waals surface area contributed by atoms with E-state index in [-0.39, 0.29) is 5.92 Å². The third kappa shape index (κ3) is 0.994. The lowest BCUT2D eigenvalue weighted by Crippen LogP contribution is -2.32. The van der Waals surface area contributed by atoms with Gasteiger partial charge in [0.25, 0.3) is 0 Å². The number of aliphatic hydroxyl groups excluding tert-OH is 2. The topological polar surface area (TPSA) is 40.5 Å². The Morgan fingerprint density at radius 3 is 2.55 bits per heavy atom. The second-order valence-corrected chi connectivity index (χ2v) is 4.97. The van der Waals surface area contributed by atoms with Crippen LogP contribution in [0.4, 0.5) is 0 Å². The number of hydrogen-bond donors (Lipinski definition) is 2. The van der Waals surface area contributed by atoms with Gasteiger partial charge in [-0.25, -0.2) is 0 Å². The summed E-state index contributed by atoms with van der Waals surface area (Å²) in [6, 6.07) is 0. The second-order valence-electron chi connectivity index (χ2n) is 3.59. The van der Waals surface area contributed by atoms with Crippen LogP contribution < -0.4 is 0 Å². The molecule has 0 aromatic rings. The highest BCUT2D eigenvalue weighted by atomic mass is 79.9. The lowest BCUT2D eigenvalue weighted by atomic mass is 9.95. The predicted molar refractivity (Wildman–Crippen MR) is 45.6 cm³/mol. The van der Waals surface area contributed by atoms with E-state index >= 15 is 0 Å². The summed E-state index contributed by atoms with van der Waals surface area (Å²) in [7, 11) is 5.81. The molecule has 2 aliphatic carbocycles. The van der Waals surface area contributed by atoms with Gasteiger partial charge in [-0.1, -0.05) is 15.9 Å². The van der Waals surface area contributed by atoms with Crippen LogP contribution in [0.2, 0.25) is 0 Å². The molecule has 2 fully saturated rings. The Labute approximate surface area is 75.5 Å². The van der Waals surface area contributed by atoms with Crippen LogP contribution in [0.25, 0.3) is 0 Å². The van der Waals surface area contributed by atoms with Crippen molar-refractivity contribution in [3.63, 3.8) is 0 Å². The van der Waals surface area contributed by atoms with Crippen LogP contribution in [0, 0.1) is 11.8 Å². The monoisotopic (exact) mass is 216 g/mol. The Bertz CT molecular complexity index is 185. The maximum Gasteiger partial charge on any atom is 0.0911 e. The third-order valence-electron chi connectivity index (χ3n) is 2.94. The fourth-order valence-corrected chi connectivity index (χ4v) is 3.11. The lowest BCUT2D eigenvalue weighted by molar-refractivity contribution is -0.0174. The molecule has 5 atom stereocenters. The van der Waals surface area contributed by atoms with Crippen LogP contribution in [0.1, 0.15) is 12.8 Å². The summed E-state index contributed by atoms with van der Waals surface area (Å²) in [5, 5.41) is 18.7. The third-order valence-corrected chi connectivity index (χ3v) is 4.06. The summed E-state index contributed by atoms with van der Waals surface area (Å²) in [4.78, 5) is 0. The molecule has 2 radical (unpaired) electrons. The van der Waals surface area contributed by atoms with Crippen LogP contribution in [0.15, 0.2) is 0 Å². The van der Waals surface area contributed by atoms with E-state index in [1.807, 2.05) is 0 Å². The van der Waals surface area contributed by atoms with Gasteiger partial charge in [-0.15, -0.1) is 0 Å². The summed E-state index contributed by atoms with van der Waals surface area (Å²) in [5.74, 6) is 0.423. The molecule has 2 rings (SSSR count). The highest BCUT2D eigenvalue weighted by molar-refractivity contribution is 9.10. The maximum absolute atomic E-state index is 9.46. The van der Waals surface area contributed by atoms with Crippen molar-refractivity contribution >= 4 is 23.8 Å². The molecule has 0 spiro atoms. The van der Waals surface area contributed by atoms with Gasteiger partial charge in [-0.05, 0) is 28.9 Å². The van der Waals surface area contributed by atoms with Crippen molar-refractivity contribution in [2.75, 3.05) is 0 Å². The van der Waals surface area contributed by atoms with Gasteiger partial charge < -0.3 is 10.2 Å². The first-order valence-corrected chi connectivity index (χ1v) is 4.68. The Hall–Kier alpha value is 0.465. The molecule has 0 aromatic heterocycles. The number of aliphatic hydroxyl groups is 2. The fourth-order valence-electron chi connectivity index (χ4n) is 2.14. The normalized spacial score (nSPS) is 62.1. The van der Waals surface area contributed by atoms with Crippen LogP contribution in [0.3, 0.4) is 0 Å². The largest absolute Gasteiger partial charge is 0.390 e. The van der Waals surface area contributed by atoms with Gasteiger partial charge in [-0.2, -0.15) is 0 Å². The van der Waals surface area contributed by atoms with Gasteiger partial charge in [0.2, 0.25) is 0 Å². The van der Waals surface area contributed by atoms with Crippen LogP contribution >= 0.6 is 15.9 Å².